The van der Waals surface area contributed by atoms with Crippen LogP contribution in [-0.2, 0) is 0 Å². The van der Waals surface area contributed by atoms with Gasteiger partial charge in [-0.15, -0.1) is 0 Å². The molecule has 2 rings (SSSR count). The predicted octanol–water partition coefficient (Wildman–Crippen LogP) is 2.89. The third kappa shape index (κ3) is 3.55. The van der Waals surface area contributed by atoms with E-state index >= 15 is 0 Å². The van der Waals surface area contributed by atoms with Gasteiger partial charge in [0, 0.05) is 18.7 Å². The fraction of sp³-hybridized carbons (Fsp3) is 0.600. The molecule has 0 spiro atoms. The third-order valence-electron chi connectivity index (χ3n) is 3.64. The maximum absolute atomic E-state index is 9.07. The fourth-order valence-corrected chi connectivity index (χ4v) is 2.41. The molecule has 1 fully saturated rings. The Morgan fingerprint density at radius 1 is 1.29 bits per heavy atom. The standard InChI is InChI=1S/C15H23NO/c1-2-14(10-11-17)16-15(13-8-9-13)12-6-4-3-5-7-12/h3-7,13-17H,2,8-11H2,1H3. The summed E-state index contributed by atoms with van der Waals surface area (Å²) in [6.07, 6.45) is 4.60. The summed E-state index contributed by atoms with van der Waals surface area (Å²) in [5, 5.41) is 12.8. The normalized spacial score (nSPS) is 18.9. The summed E-state index contributed by atoms with van der Waals surface area (Å²) < 4.78 is 0. The first-order valence-corrected chi connectivity index (χ1v) is 6.77. The molecule has 1 aliphatic rings. The van der Waals surface area contributed by atoms with Gasteiger partial charge in [0.05, 0.1) is 0 Å². The van der Waals surface area contributed by atoms with E-state index in [0.29, 0.717) is 12.1 Å². The van der Waals surface area contributed by atoms with E-state index in [2.05, 4.69) is 42.6 Å². The van der Waals surface area contributed by atoms with Gasteiger partial charge in [0.15, 0.2) is 0 Å². The molecule has 0 heterocycles. The highest BCUT2D eigenvalue weighted by molar-refractivity contribution is 5.21. The van der Waals surface area contributed by atoms with Crippen molar-refractivity contribution in [2.24, 2.45) is 5.92 Å². The molecular formula is C15H23NO. The highest BCUT2D eigenvalue weighted by Crippen LogP contribution is 2.41. The lowest BCUT2D eigenvalue weighted by Crippen LogP contribution is -2.34. The van der Waals surface area contributed by atoms with E-state index in [0.717, 1.165) is 18.8 Å². The van der Waals surface area contributed by atoms with Crippen molar-refractivity contribution in [3.05, 3.63) is 35.9 Å². The summed E-state index contributed by atoms with van der Waals surface area (Å²) in [5.74, 6) is 0.796. The number of aliphatic hydroxyl groups excluding tert-OH is 1. The first kappa shape index (κ1) is 12.6. The second kappa shape index (κ2) is 6.18. The van der Waals surface area contributed by atoms with Crippen LogP contribution in [0.25, 0.3) is 0 Å². The third-order valence-corrected chi connectivity index (χ3v) is 3.64. The van der Waals surface area contributed by atoms with Crippen LogP contribution in [0.5, 0.6) is 0 Å². The number of benzene rings is 1. The zero-order valence-electron chi connectivity index (χ0n) is 10.6. The van der Waals surface area contributed by atoms with Crippen LogP contribution in [0.1, 0.15) is 44.2 Å². The topological polar surface area (TPSA) is 32.3 Å². The average Bonchev–Trinajstić information content (AvgIpc) is 3.20. The van der Waals surface area contributed by atoms with Crippen molar-refractivity contribution in [2.75, 3.05) is 6.61 Å². The molecule has 0 saturated heterocycles. The van der Waals surface area contributed by atoms with Crippen molar-refractivity contribution < 1.29 is 5.11 Å². The SMILES string of the molecule is CCC(CCO)NC(c1ccccc1)C1CC1. The molecule has 2 heteroatoms. The van der Waals surface area contributed by atoms with Gasteiger partial charge in [-0.1, -0.05) is 37.3 Å². The zero-order chi connectivity index (χ0) is 12.1. The maximum Gasteiger partial charge on any atom is 0.0445 e. The van der Waals surface area contributed by atoms with Gasteiger partial charge < -0.3 is 10.4 Å². The van der Waals surface area contributed by atoms with E-state index in [1.807, 2.05) is 0 Å². The highest BCUT2D eigenvalue weighted by atomic mass is 16.3. The lowest BCUT2D eigenvalue weighted by Gasteiger charge is -2.25. The number of rotatable bonds is 7. The molecule has 17 heavy (non-hydrogen) atoms. The van der Waals surface area contributed by atoms with Gasteiger partial charge in [-0.05, 0) is 37.2 Å². The van der Waals surface area contributed by atoms with E-state index in [1.165, 1.54) is 18.4 Å². The Morgan fingerprint density at radius 3 is 2.53 bits per heavy atom. The van der Waals surface area contributed by atoms with Gasteiger partial charge >= 0.3 is 0 Å². The molecule has 2 N–H and O–H groups in total. The van der Waals surface area contributed by atoms with E-state index in [4.69, 9.17) is 5.11 Å². The van der Waals surface area contributed by atoms with Crippen LogP contribution < -0.4 is 5.32 Å². The molecule has 2 atom stereocenters. The molecule has 1 saturated carbocycles. The maximum atomic E-state index is 9.07. The summed E-state index contributed by atoms with van der Waals surface area (Å²) in [6.45, 7) is 2.46. The molecule has 1 aromatic rings. The van der Waals surface area contributed by atoms with Crippen LogP contribution in [0.3, 0.4) is 0 Å². The lowest BCUT2D eigenvalue weighted by molar-refractivity contribution is 0.252. The minimum atomic E-state index is 0.275. The number of hydrogen-bond acceptors (Lipinski definition) is 2. The smallest absolute Gasteiger partial charge is 0.0445 e. The van der Waals surface area contributed by atoms with Crippen LogP contribution in [0.15, 0.2) is 30.3 Å². The van der Waals surface area contributed by atoms with Crippen LogP contribution in [0.2, 0.25) is 0 Å². The molecule has 0 aromatic heterocycles. The summed E-state index contributed by atoms with van der Waals surface area (Å²) in [7, 11) is 0. The van der Waals surface area contributed by atoms with Gasteiger partial charge in [0.2, 0.25) is 0 Å². The average molecular weight is 233 g/mol. The van der Waals surface area contributed by atoms with Crippen molar-refractivity contribution in [2.45, 2.75) is 44.7 Å². The van der Waals surface area contributed by atoms with Gasteiger partial charge in [-0.3, -0.25) is 0 Å². The summed E-state index contributed by atoms with van der Waals surface area (Å²) in [4.78, 5) is 0. The minimum absolute atomic E-state index is 0.275. The van der Waals surface area contributed by atoms with Crippen molar-refractivity contribution in [3.8, 4) is 0 Å². The Kier molecular flexibility index (Phi) is 4.57. The van der Waals surface area contributed by atoms with Crippen molar-refractivity contribution in [3.63, 3.8) is 0 Å². The van der Waals surface area contributed by atoms with Crippen molar-refractivity contribution in [1.82, 2.24) is 5.32 Å². The molecule has 94 valence electrons. The van der Waals surface area contributed by atoms with Gasteiger partial charge in [-0.25, -0.2) is 0 Å². The Bertz CT molecular complexity index is 321. The number of aliphatic hydroxyl groups is 1. The Labute approximate surface area is 104 Å². The van der Waals surface area contributed by atoms with Gasteiger partial charge in [0.1, 0.15) is 0 Å². The van der Waals surface area contributed by atoms with Crippen molar-refractivity contribution in [1.29, 1.82) is 0 Å². The Hall–Kier alpha value is -0.860. The second-order valence-corrected chi connectivity index (χ2v) is 5.01. The van der Waals surface area contributed by atoms with Crippen LogP contribution in [0, 0.1) is 5.92 Å². The molecule has 1 aliphatic carbocycles. The summed E-state index contributed by atoms with van der Waals surface area (Å²) in [5.41, 5.74) is 1.39. The van der Waals surface area contributed by atoms with E-state index in [-0.39, 0.29) is 6.61 Å². The zero-order valence-corrected chi connectivity index (χ0v) is 10.6. The minimum Gasteiger partial charge on any atom is -0.396 e. The largest absolute Gasteiger partial charge is 0.396 e. The quantitative estimate of drug-likeness (QED) is 0.759. The van der Waals surface area contributed by atoms with E-state index < -0.39 is 0 Å². The van der Waals surface area contributed by atoms with E-state index in [1.54, 1.807) is 0 Å². The monoisotopic (exact) mass is 233 g/mol. The first-order valence-electron chi connectivity index (χ1n) is 6.77. The number of hydrogen-bond donors (Lipinski definition) is 2. The number of nitrogens with one attached hydrogen (secondary N) is 1. The van der Waals surface area contributed by atoms with Crippen LogP contribution >= 0.6 is 0 Å². The predicted molar refractivity (Wildman–Crippen MR) is 70.8 cm³/mol. The molecule has 2 nitrogen and oxygen atoms in total. The van der Waals surface area contributed by atoms with Crippen molar-refractivity contribution >= 4 is 0 Å². The second-order valence-electron chi connectivity index (χ2n) is 5.01. The van der Waals surface area contributed by atoms with E-state index in [9.17, 15) is 0 Å². The molecule has 2 unspecified atom stereocenters. The summed E-state index contributed by atoms with van der Waals surface area (Å²) in [6, 6.07) is 11.6. The van der Waals surface area contributed by atoms with Crippen LogP contribution in [-0.4, -0.2) is 17.8 Å². The molecule has 0 radical (unpaired) electrons. The molecule has 0 amide bonds. The molecule has 0 aliphatic heterocycles. The Morgan fingerprint density at radius 2 is 2.00 bits per heavy atom. The van der Waals surface area contributed by atoms with Gasteiger partial charge in [-0.2, -0.15) is 0 Å². The highest BCUT2D eigenvalue weighted by Gasteiger charge is 2.33. The molecular weight excluding hydrogens is 210 g/mol. The van der Waals surface area contributed by atoms with Crippen LogP contribution in [0.4, 0.5) is 0 Å². The first-order chi connectivity index (χ1) is 8.35. The molecule has 1 aromatic carbocycles. The fourth-order valence-electron chi connectivity index (χ4n) is 2.41. The lowest BCUT2D eigenvalue weighted by atomic mass is 10.00. The van der Waals surface area contributed by atoms with Gasteiger partial charge in [0.25, 0.3) is 0 Å². The molecule has 0 bridgehead atoms. The Balaban J connectivity index is 2.02. The summed E-state index contributed by atoms with van der Waals surface area (Å²) >= 11 is 0.